The zero-order valence-electron chi connectivity index (χ0n) is 12.3. The molecule has 2 nitrogen and oxygen atoms in total. The molecule has 103 valence electrons. The van der Waals surface area contributed by atoms with E-state index < -0.39 is 0 Å². The van der Waals surface area contributed by atoms with Crippen LogP contribution >= 0.6 is 0 Å². The van der Waals surface area contributed by atoms with Crippen molar-refractivity contribution in [3.63, 3.8) is 0 Å². The fourth-order valence-electron chi connectivity index (χ4n) is 2.80. The van der Waals surface area contributed by atoms with E-state index in [-0.39, 0.29) is 0 Å². The van der Waals surface area contributed by atoms with Crippen molar-refractivity contribution in [1.29, 1.82) is 0 Å². The predicted octanol–water partition coefficient (Wildman–Crippen LogP) is 4.58. The average molecular weight is 265 g/mol. The number of rotatable bonds is 2. The second-order valence-electron chi connectivity index (χ2n) is 5.95. The summed E-state index contributed by atoms with van der Waals surface area (Å²) in [6.45, 7) is 4.36. The molecule has 1 saturated carbocycles. The van der Waals surface area contributed by atoms with Crippen LogP contribution < -0.4 is 0 Å². The number of hydrogen-bond acceptors (Lipinski definition) is 2. The lowest BCUT2D eigenvalue weighted by molar-refractivity contribution is 0.416. The zero-order chi connectivity index (χ0) is 13.9. The lowest BCUT2D eigenvalue weighted by Gasteiger charge is -2.25. The maximum absolute atomic E-state index is 4.38. The normalized spacial score (nSPS) is 17.3. The number of aryl methyl sites for hydroxylation is 1. The van der Waals surface area contributed by atoms with Gasteiger partial charge in [0, 0.05) is 23.9 Å². The van der Waals surface area contributed by atoms with Crippen molar-refractivity contribution in [2.45, 2.75) is 39.5 Å². The standard InChI is InChI=1S/C18H21N2/c1-13-3-5-15(6-4-13)16-7-9-17(10-8-16)18-19-11-14(2)12-20-18/h7-13H,3-6H2,1-2H3. The van der Waals surface area contributed by atoms with E-state index in [1.54, 1.807) is 5.92 Å². The summed E-state index contributed by atoms with van der Waals surface area (Å²) in [7, 11) is 0. The van der Waals surface area contributed by atoms with Gasteiger partial charge in [0.15, 0.2) is 5.82 Å². The highest BCUT2D eigenvalue weighted by Crippen LogP contribution is 2.35. The van der Waals surface area contributed by atoms with Gasteiger partial charge in [0.25, 0.3) is 0 Å². The maximum atomic E-state index is 4.38. The van der Waals surface area contributed by atoms with Crippen LogP contribution in [0, 0.1) is 18.8 Å². The number of nitrogens with zero attached hydrogens (tertiary/aromatic N) is 2. The Morgan fingerprint density at radius 3 is 2.05 bits per heavy atom. The summed E-state index contributed by atoms with van der Waals surface area (Å²) in [6.07, 6.45) is 8.90. The van der Waals surface area contributed by atoms with Crippen molar-refractivity contribution in [3.8, 4) is 11.4 Å². The summed E-state index contributed by atoms with van der Waals surface area (Å²) >= 11 is 0. The van der Waals surface area contributed by atoms with E-state index >= 15 is 0 Å². The lowest BCUT2D eigenvalue weighted by Crippen LogP contribution is -2.11. The van der Waals surface area contributed by atoms with Crippen LogP contribution in [0.25, 0.3) is 11.4 Å². The minimum absolute atomic E-state index is 0.810. The Labute approximate surface area is 121 Å². The van der Waals surface area contributed by atoms with Crippen LogP contribution in [0.5, 0.6) is 0 Å². The third-order valence-corrected chi connectivity index (χ3v) is 4.21. The largest absolute Gasteiger partial charge is 0.236 e. The highest BCUT2D eigenvalue weighted by Gasteiger charge is 2.20. The Bertz CT molecular complexity index is 549. The molecule has 0 saturated heterocycles. The molecule has 0 unspecified atom stereocenters. The Morgan fingerprint density at radius 1 is 0.900 bits per heavy atom. The van der Waals surface area contributed by atoms with Crippen molar-refractivity contribution in [2.75, 3.05) is 0 Å². The second kappa shape index (κ2) is 5.74. The van der Waals surface area contributed by atoms with Crippen molar-refractivity contribution < 1.29 is 0 Å². The molecule has 3 rings (SSSR count). The van der Waals surface area contributed by atoms with Gasteiger partial charge in [-0.3, -0.25) is 0 Å². The van der Waals surface area contributed by atoms with Crippen molar-refractivity contribution in [3.05, 3.63) is 53.7 Å². The molecule has 1 radical (unpaired) electrons. The van der Waals surface area contributed by atoms with Crippen LogP contribution in [0.3, 0.4) is 0 Å². The van der Waals surface area contributed by atoms with Crippen LogP contribution in [0.4, 0.5) is 0 Å². The van der Waals surface area contributed by atoms with Crippen LogP contribution in [0.1, 0.15) is 43.7 Å². The van der Waals surface area contributed by atoms with Crippen LogP contribution in [0.15, 0.2) is 36.7 Å². The first-order valence-electron chi connectivity index (χ1n) is 7.46. The molecule has 1 aromatic heterocycles. The molecule has 0 atom stereocenters. The summed E-state index contributed by atoms with van der Waals surface area (Å²) in [4.78, 5) is 8.77. The van der Waals surface area contributed by atoms with Gasteiger partial charge in [0.2, 0.25) is 0 Å². The molecule has 0 amide bonds. The van der Waals surface area contributed by atoms with Gasteiger partial charge in [-0.1, -0.05) is 31.2 Å². The second-order valence-corrected chi connectivity index (χ2v) is 5.95. The van der Waals surface area contributed by atoms with E-state index in [9.17, 15) is 0 Å². The van der Waals surface area contributed by atoms with Gasteiger partial charge in [0.1, 0.15) is 0 Å². The summed E-state index contributed by atoms with van der Waals surface area (Å²) in [5.74, 6) is 3.31. The molecule has 2 heteroatoms. The topological polar surface area (TPSA) is 25.8 Å². The Kier molecular flexibility index (Phi) is 3.81. The zero-order valence-corrected chi connectivity index (χ0v) is 12.3. The molecular formula is C18H21N2. The van der Waals surface area contributed by atoms with Crippen molar-refractivity contribution in [2.24, 2.45) is 5.92 Å². The Morgan fingerprint density at radius 2 is 1.45 bits per heavy atom. The molecule has 0 bridgehead atoms. The minimum Gasteiger partial charge on any atom is -0.236 e. The molecule has 1 aromatic carbocycles. The van der Waals surface area contributed by atoms with E-state index in [0.29, 0.717) is 0 Å². The molecule has 0 N–H and O–H groups in total. The van der Waals surface area contributed by atoms with Crippen molar-refractivity contribution in [1.82, 2.24) is 9.97 Å². The van der Waals surface area contributed by atoms with Gasteiger partial charge in [-0.05, 0) is 49.7 Å². The molecule has 20 heavy (non-hydrogen) atoms. The monoisotopic (exact) mass is 265 g/mol. The number of hydrogen-bond donors (Lipinski definition) is 0. The highest BCUT2D eigenvalue weighted by molar-refractivity contribution is 5.56. The summed E-state index contributed by atoms with van der Waals surface area (Å²) in [6, 6.07) is 8.74. The summed E-state index contributed by atoms with van der Waals surface area (Å²) < 4.78 is 0. The molecule has 2 aromatic rings. The average Bonchev–Trinajstić information content (AvgIpc) is 2.49. The minimum atomic E-state index is 0.810. The molecule has 0 aliphatic heterocycles. The first kappa shape index (κ1) is 13.3. The number of aromatic nitrogens is 2. The summed E-state index contributed by atoms with van der Waals surface area (Å²) in [5.41, 5.74) is 3.59. The smallest absolute Gasteiger partial charge is 0.159 e. The van der Waals surface area contributed by atoms with Gasteiger partial charge in [0.05, 0.1) is 0 Å². The van der Waals surface area contributed by atoms with Gasteiger partial charge in [-0.25, -0.2) is 9.97 Å². The van der Waals surface area contributed by atoms with Crippen molar-refractivity contribution >= 4 is 0 Å². The Hall–Kier alpha value is -1.70. The molecule has 1 aliphatic rings. The van der Waals surface area contributed by atoms with Crippen LogP contribution in [0.2, 0.25) is 0 Å². The first-order valence-corrected chi connectivity index (χ1v) is 7.46. The van der Waals surface area contributed by atoms with Crippen LogP contribution in [-0.2, 0) is 0 Å². The van der Waals surface area contributed by atoms with E-state index in [4.69, 9.17) is 0 Å². The molecule has 1 aliphatic carbocycles. The first-order chi connectivity index (χ1) is 9.72. The molecular weight excluding hydrogens is 244 g/mol. The third-order valence-electron chi connectivity index (χ3n) is 4.21. The van der Waals surface area contributed by atoms with E-state index in [2.05, 4.69) is 41.2 Å². The summed E-state index contributed by atoms with van der Waals surface area (Å²) in [5, 5.41) is 0. The van der Waals surface area contributed by atoms with Gasteiger partial charge >= 0.3 is 0 Å². The fraction of sp³-hybridized carbons (Fsp3) is 0.389. The maximum Gasteiger partial charge on any atom is 0.159 e. The van der Waals surface area contributed by atoms with Gasteiger partial charge in [-0.15, -0.1) is 0 Å². The highest BCUT2D eigenvalue weighted by atomic mass is 14.9. The Balaban J connectivity index is 1.76. The van der Waals surface area contributed by atoms with E-state index in [1.165, 1.54) is 31.2 Å². The molecule has 1 fully saturated rings. The molecule has 0 spiro atoms. The quantitative estimate of drug-likeness (QED) is 0.794. The van der Waals surface area contributed by atoms with E-state index in [1.807, 2.05) is 19.3 Å². The molecule has 1 heterocycles. The van der Waals surface area contributed by atoms with Gasteiger partial charge < -0.3 is 0 Å². The lowest BCUT2D eigenvalue weighted by atomic mass is 9.79. The predicted molar refractivity (Wildman–Crippen MR) is 82.2 cm³/mol. The fourth-order valence-corrected chi connectivity index (χ4v) is 2.80. The van der Waals surface area contributed by atoms with Gasteiger partial charge in [-0.2, -0.15) is 0 Å². The van der Waals surface area contributed by atoms with Crippen LogP contribution in [-0.4, -0.2) is 9.97 Å². The SMILES string of the molecule is Cc1cnc(-c2ccc([C]3CCC(C)CC3)cc2)nc1. The number of benzene rings is 1. The third kappa shape index (κ3) is 2.90. The van der Waals surface area contributed by atoms with E-state index in [0.717, 1.165) is 22.9 Å².